The van der Waals surface area contributed by atoms with E-state index in [2.05, 4.69) is 14.9 Å². The normalized spacial score (nSPS) is 13.8. The lowest BCUT2D eigenvalue weighted by Crippen LogP contribution is -2.40. The zero-order chi connectivity index (χ0) is 27.8. The molecule has 1 aromatic carbocycles. The maximum absolute atomic E-state index is 13.2. The van der Waals surface area contributed by atoms with E-state index in [9.17, 15) is 37.4 Å². The molecule has 2 aromatic heterocycles. The highest BCUT2D eigenvalue weighted by Gasteiger charge is 2.65. The van der Waals surface area contributed by atoms with Gasteiger partial charge in [0, 0.05) is 17.7 Å². The smallest absolute Gasteiger partial charge is 0.430 e. The number of fused-ring (bicyclic) bond motifs is 1. The van der Waals surface area contributed by atoms with Gasteiger partial charge in [0.1, 0.15) is 16.6 Å². The molecule has 0 aliphatic heterocycles. The number of carboxylic acid groups (broad SMARTS) is 1. The van der Waals surface area contributed by atoms with Crippen molar-refractivity contribution in [1.82, 2.24) is 14.7 Å². The first-order chi connectivity index (χ1) is 16.2. The van der Waals surface area contributed by atoms with E-state index >= 15 is 0 Å². The van der Waals surface area contributed by atoms with Crippen molar-refractivity contribution in [3.8, 4) is 5.75 Å². The van der Waals surface area contributed by atoms with Crippen molar-refractivity contribution in [1.29, 1.82) is 0 Å². The van der Waals surface area contributed by atoms with E-state index < -0.39 is 50.9 Å². The molecule has 2 N–H and O–H groups in total. The van der Waals surface area contributed by atoms with Crippen molar-refractivity contribution in [2.45, 2.75) is 31.0 Å². The number of aromatic nitrogens is 4. The number of nitrogen functional groups attached to an aromatic ring is 1. The van der Waals surface area contributed by atoms with Crippen LogP contribution in [0.4, 0.5) is 38.5 Å². The summed E-state index contributed by atoms with van der Waals surface area (Å²) in [6.07, 6.45) is -4.58. The van der Waals surface area contributed by atoms with Crippen LogP contribution >= 0.6 is 10.2 Å². The molecule has 0 fully saturated rings. The van der Waals surface area contributed by atoms with Gasteiger partial charge < -0.3 is 20.4 Å². The molecule has 0 atom stereocenters. The lowest BCUT2D eigenvalue weighted by atomic mass is 10.1. The first-order valence-corrected chi connectivity index (χ1v) is 11.4. The average Bonchev–Trinajstić information content (AvgIpc) is 3.06. The second kappa shape index (κ2) is 8.75. The van der Waals surface area contributed by atoms with Gasteiger partial charge in [-0.2, -0.15) is 13.2 Å². The second-order valence-corrected chi connectivity index (χ2v) is 9.45. The molecule has 9 nitrogen and oxygen atoms in total. The average molecular weight is 551 g/mol. The van der Waals surface area contributed by atoms with Gasteiger partial charge in [-0.1, -0.05) is 36.0 Å². The summed E-state index contributed by atoms with van der Waals surface area (Å²) in [4.78, 5) is 19.1. The SMILES string of the molecule is CCc1ccc2n(n1)c(N)n[n+]2CC(=O)c1cc(OC)cc(S(F)(F)(F)(F)F)c1.O=C([O-])C(F)(F)F. The third kappa shape index (κ3) is 6.92. The maximum atomic E-state index is 13.2. The Bertz CT molecular complexity index is 1330. The molecule has 0 saturated heterocycles. The molecule has 0 aliphatic carbocycles. The minimum Gasteiger partial charge on any atom is -0.542 e. The van der Waals surface area contributed by atoms with Gasteiger partial charge in [0.25, 0.3) is 0 Å². The van der Waals surface area contributed by atoms with Crippen LogP contribution in [0.2, 0.25) is 0 Å². The van der Waals surface area contributed by atoms with E-state index in [4.69, 9.17) is 15.6 Å². The number of ketones is 1. The van der Waals surface area contributed by atoms with Crippen LogP contribution in [-0.4, -0.2) is 39.8 Å². The standard InChI is InChI=1S/C16H17F5N5O2S.C2HF3O2/c1-3-11-4-5-15-25(24-16(22)26(15)23-11)9-14(27)10-6-12(28-2)8-13(7-10)29(17,18,19,20)21;3-2(4,5)1(6)7/h4-8H,3,9H2,1-2H3,(H2,22,24);(H,6,7)/q+1;/p-1. The Labute approximate surface area is 196 Å². The number of ether oxygens (including phenoxy) is 1. The summed E-state index contributed by atoms with van der Waals surface area (Å²) in [6, 6.07) is 4.49. The number of carboxylic acids is 1. The van der Waals surface area contributed by atoms with E-state index in [0.717, 1.165) is 17.9 Å². The minimum atomic E-state index is -10.0. The number of hydrogen-bond donors (Lipinski definition) is 1. The zero-order valence-electron chi connectivity index (χ0n) is 18.2. The van der Waals surface area contributed by atoms with Crippen LogP contribution in [0.3, 0.4) is 0 Å². The van der Waals surface area contributed by atoms with Crippen LogP contribution in [0.1, 0.15) is 23.0 Å². The number of halogens is 8. The van der Waals surface area contributed by atoms with Gasteiger partial charge in [0.2, 0.25) is 5.78 Å². The monoisotopic (exact) mass is 551 g/mol. The summed E-state index contributed by atoms with van der Waals surface area (Å²) < 4.78 is 105. The molecule has 0 amide bonds. The van der Waals surface area contributed by atoms with Crippen molar-refractivity contribution in [3.63, 3.8) is 0 Å². The number of carbonyl (C=O) groups excluding carboxylic acids is 2. The van der Waals surface area contributed by atoms with Gasteiger partial charge in [0.05, 0.1) is 12.8 Å². The summed E-state index contributed by atoms with van der Waals surface area (Å²) in [5.74, 6) is -4.46. The van der Waals surface area contributed by atoms with Crippen LogP contribution < -0.4 is 20.3 Å². The molecule has 18 heteroatoms. The third-order valence-electron chi connectivity index (χ3n) is 4.35. The van der Waals surface area contributed by atoms with Crippen LogP contribution in [0, 0.1) is 0 Å². The van der Waals surface area contributed by atoms with Gasteiger partial charge in [-0.25, -0.2) is 0 Å². The second-order valence-electron chi connectivity index (χ2n) is 7.04. The first-order valence-electron chi connectivity index (χ1n) is 9.45. The van der Waals surface area contributed by atoms with Gasteiger partial charge >= 0.3 is 28.0 Å². The van der Waals surface area contributed by atoms with Crippen molar-refractivity contribution in [2.24, 2.45) is 0 Å². The molecule has 0 unspecified atom stereocenters. The maximum Gasteiger partial charge on any atom is 0.430 e. The van der Waals surface area contributed by atoms with E-state index in [0.29, 0.717) is 17.8 Å². The van der Waals surface area contributed by atoms with Crippen molar-refractivity contribution >= 4 is 33.6 Å². The molecule has 0 bridgehead atoms. The van der Waals surface area contributed by atoms with Crippen molar-refractivity contribution in [3.05, 3.63) is 41.6 Å². The number of anilines is 1. The van der Waals surface area contributed by atoms with Crippen molar-refractivity contribution in [2.75, 3.05) is 12.8 Å². The Hall–Kier alpha value is -3.70. The molecule has 0 aliphatic rings. The lowest BCUT2D eigenvalue weighted by molar-refractivity contribution is -0.714. The molecule has 0 spiro atoms. The third-order valence-corrected chi connectivity index (χ3v) is 5.47. The predicted octanol–water partition coefficient (Wildman–Crippen LogP) is 3.01. The van der Waals surface area contributed by atoms with E-state index in [1.54, 1.807) is 12.1 Å². The topological polar surface area (TPSA) is 127 Å². The number of methoxy groups -OCH3 is 1. The quantitative estimate of drug-likeness (QED) is 0.284. The van der Waals surface area contributed by atoms with Gasteiger partial charge in [-0.05, 0) is 29.7 Å². The Morgan fingerprint density at radius 2 is 1.72 bits per heavy atom. The summed E-state index contributed by atoms with van der Waals surface area (Å²) >= 11 is 0. The fourth-order valence-corrected chi connectivity index (χ4v) is 3.33. The number of benzene rings is 1. The number of hydrogen-bond acceptors (Lipinski definition) is 7. The fourth-order valence-electron chi connectivity index (χ4n) is 2.64. The van der Waals surface area contributed by atoms with Crippen LogP contribution in [0.5, 0.6) is 5.75 Å². The highest BCUT2D eigenvalue weighted by atomic mass is 32.5. The van der Waals surface area contributed by atoms with Gasteiger partial charge in [-0.3, -0.25) is 4.79 Å². The van der Waals surface area contributed by atoms with Gasteiger partial charge in [0.15, 0.2) is 6.54 Å². The van der Waals surface area contributed by atoms with Crippen LogP contribution in [0.25, 0.3) is 5.65 Å². The van der Waals surface area contributed by atoms with E-state index in [-0.39, 0.29) is 18.1 Å². The highest BCUT2D eigenvalue weighted by Crippen LogP contribution is 3.02. The molecular weight excluding hydrogens is 534 g/mol. The molecular formula is C18H17F8N5O4S. The van der Waals surface area contributed by atoms with Gasteiger partial charge in [-0.15, -0.1) is 4.68 Å². The molecule has 0 saturated carbocycles. The number of Topliss-reactive ketones (excluding diaryl/α,β-unsaturated/α-hetero) is 1. The largest absolute Gasteiger partial charge is 0.542 e. The first kappa shape index (κ1) is 28.5. The number of aryl methyl sites for hydroxylation is 1. The summed E-state index contributed by atoms with van der Waals surface area (Å²) in [5.41, 5.74) is 6.18. The number of alkyl halides is 3. The molecule has 2 heterocycles. The Balaban J connectivity index is 0.000000572. The predicted molar refractivity (Wildman–Crippen MR) is 107 cm³/mol. The number of carbonyl (C=O) groups is 2. The molecule has 200 valence electrons. The Kier molecular flexibility index (Phi) is 6.94. The Morgan fingerprint density at radius 1 is 1.14 bits per heavy atom. The highest BCUT2D eigenvalue weighted by molar-refractivity contribution is 8.45. The summed E-state index contributed by atoms with van der Waals surface area (Å²) in [6.45, 7) is 1.33. The molecule has 3 rings (SSSR count). The fraction of sp³-hybridized carbons (Fsp3) is 0.278. The Morgan fingerprint density at radius 3 is 2.19 bits per heavy atom. The lowest BCUT2D eigenvalue weighted by Gasteiger charge is -2.40. The number of nitrogens with two attached hydrogens (primary N) is 1. The molecule has 3 aromatic rings. The number of nitrogens with zero attached hydrogens (tertiary/aromatic N) is 4. The zero-order valence-corrected chi connectivity index (χ0v) is 19.0. The number of rotatable bonds is 6. The molecule has 0 radical (unpaired) electrons. The van der Waals surface area contributed by atoms with Crippen molar-refractivity contribution < 1.29 is 56.7 Å². The number of aliphatic carboxylic acids is 1. The molecule has 36 heavy (non-hydrogen) atoms. The summed E-state index contributed by atoms with van der Waals surface area (Å²) in [5, 5.41) is 17.0. The minimum absolute atomic E-state index is 0.0403. The van der Waals surface area contributed by atoms with E-state index in [1.165, 1.54) is 4.52 Å². The van der Waals surface area contributed by atoms with Crippen LogP contribution in [-0.2, 0) is 17.8 Å². The summed E-state index contributed by atoms with van der Waals surface area (Å²) in [7, 11) is -9.00. The van der Waals surface area contributed by atoms with Crippen LogP contribution in [0.15, 0.2) is 35.2 Å². The van der Waals surface area contributed by atoms with E-state index in [1.807, 2.05) is 6.92 Å².